The lowest BCUT2D eigenvalue weighted by molar-refractivity contribution is 0.193. The molecule has 9 heteroatoms. The zero-order chi connectivity index (χ0) is 21.7. The lowest BCUT2D eigenvalue weighted by Gasteiger charge is -2.33. The van der Waals surface area contributed by atoms with E-state index in [9.17, 15) is 4.39 Å². The summed E-state index contributed by atoms with van der Waals surface area (Å²) in [5, 5.41) is 28.5. The second-order valence-corrected chi connectivity index (χ2v) is 8.06. The summed E-state index contributed by atoms with van der Waals surface area (Å²) < 4.78 is 14.2. The molecule has 0 saturated carbocycles. The number of aromatic nitrogens is 2. The number of nitrogens with zero attached hydrogens (tertiary/aromatic N) is 4. The van der Waals surface area contributed by atoms with Gasteiger partial charge in [0.1, 0.15) is 18.2 Å². The number of nitriles is 1. The quantitative estimate of drug-likeness (QED) is 0.504. The van der Waals surface area contributed by atoms with Gasteiger partial charge in [-0.25, -0.2) is 14.4 Å². The molecule has 0 radical (unpaired) electrons. The summed E-state index contributed by atoms with van der Waals surface area (Å²) in [6.07, 6.45) is 6.80. The smallest absolute Gasteiger partial charge is 0.199 e. The minimum absolute atomic E-state index is 0.0562. The number of nitrogens with two attached hydrogens (primary N) is 1. The molecule has 2 aliphatic rings. The Bertz CT molecular complexity index is 853. The van der Waals surface area contributed by atoms with Crippen LogP contribution in [0.3, 0.4) is 0 Å². The Hall–Kier alpha value is -2.70. The van der Waals surface area contributed by atoms with E-state index < -0.39 is 5.67 Å². The summed E-state index contributed by atoms with van der Waals surface area (Å²) >= 11 is 0. The van der Waals surface area contributed by atoms with E-state index in [-0.39, 0.29) is 36.4 Å². The van der Waals surface area contributed by atoms with Gasteiger partial charge in [-0.3, -0.25) is 5.41 Å². The number of allylic oxidation sites excluding steroid dienone is 1. The van der Waals surface area contributed by atoms with E-state index in [1.165, 1.54) is 12.5 Å². The Morgan fingerprint density at radius 3 is 2.83 bits per heavy atom. The number of piperidine rings is 1. The average molecular weight is 413 g/mol. The summed E-state index contributed by atoms with van der Waals surface area (Å²) in [4.78, 5) is 10.5. The van der Waals surface area contributed by atoms with Gasteiger partial charge in [-0.15, -0.1) is 0 Å². The van der Waals surface area contributed by atoms with Crippen LogP contribution in [-0.2, 0) is 0 Å². The van der Waals surface area contributed by atoms with Crippen molar-refractivity contribution >= 4 is 17.7 Å². The van der Waals surface area contributed by atoms with Gasteiger partial charge in [-0.1, -0.05) is 6.08 Å². The van der Waals surface area contributed by atoms with Crippen molar-refractivity contribution in [2.45, 2.75) is 37.4 Å². The minimum atomic E-state index is -1.77. The first-order valence-corrected chi connectivity index (χ1v) is 10.3. The molecular weight excluding hydrogens is 383 g/mol. The van der Waals surface area contributed by atoms with Gasteiger partial charge in [0, 0.05) is 56.7 Å². The molecule has 1 aromatic rings. The van der Waals surface area contributed by atoms with E-state index in [1.54, 1.807) is 12.1 Å². The lowest BCUT2D eigenvalue weighted by Crippen LogP contribution is -2.41. The molecule has 1 aromatic heterocycles. The third-order valence-electron chi connectivity index (χ3n) is 6.09. The lowest BCUT2D eigenvalue weighted by atomic mass is 9.78. The molecule has 0 aromatic carbocycles. The highest BCUT2D eigenvalue weighted by Gasteiger charge is 2.35. The molecule has 30 heavy (non-hydrogen) atoms. The molecule has 3 unspecified atom stereocenters. The van der Waals surface area contributed by atoms with Crippen LogP contribution >= 0.6 is 0 Å². The number of alkyl halides is 1. The number of nitrogens with one attached hydrogen (secondary N) is 3. The maximum atomic E-state index is 14.2. The van der Waals surface area contributed by atoms with Gasteiger partial charge in [0.15, 0.2) is 5.67 Å². The van der Waals surface area contributed by atoms with Crippen molar-refractivity contribution in [3.63, 3.8) is 0 Å². The fourth-order valence-electron chi connectivity index (χ4n) is 4.15. The van der Waals surface area contributed by atoms with Gasteiger partial charge in [0.2, 0.25) is 0 Å². The molecule has 5 N–H and O–H groups in total. The van der Waals surface area contributed by atoms with Gasteiger partial charge in [0.25, 0.3) is 0 Å². The predicted molar refractivity (Wildman–Crippen MR) is 115 cm³/mol. The maximum absolute atomic E-state index is 14.2. The van der Waals surface area contributed by atoms with Crippen molar-refractivity contribution in [3.05, 3.63) is 29.7 Å². The molecule has 3 rings (SSSR count). The molecular formula is C21H29FN8. The third kappa shape index (κ3) is 4.71. The van der Waals surface area contributed by atoms with Crippen LogP contribution in [0.4, 0.5) is 10.2 Å². The Morgan fingerprint density at radius 2 is 2.20 bits per heavy atom. The van der Waals surface area contributed by atoms with Crippen LogP contribution in [0.1, 0.15) is 31.4 Å². The van der Waals surface area contributed by atoms with Gasteiger partial charge in [-0.2, -0.15) is 5.26 Å². The largest absolute Gasteiger partial charge is 0.356 e. The van der Waals surface area contributed by atoms with Crippen LogP contribution in [0.15, 0.2) is 24.0 Å². The van der Waals surface area contributed by atoms with Gasteiger partial charge in [-0.05, 0) is 31.4 Å². The third-order valence-corrected chi connectivity index (χ3v) is 6.09. The van der Waals surface area contributed by atoms with Crippen molar-refractivity contribution in [1.29, 1.82) is 16.1 Å². The molecule has 2 heterocycles. The second kappa shape index (κ2) is 9.41. The summed E-state index contributed by atoms with van der Waals surface area (Å²) in [5.74, 6) is 0.830. The first kappa shape index (κ1) is 22.0. The monoisotopic (exact) mass is 412 g/mol. The van der Waals surface area contributed by atoms with Crippen molar-refractivity contribution in [1.82, 2.24) is 15.3 Å². The highest BCUT2D eigenvalue weighted by atomic mass is 19.1. The average Bonchev–Trinajstić information content (AvgIpc) is 2.78. The summed E-state index contributed by atoms with van der Waals surface area (Å²) in [5.41, 5.74) is 6.02. The Morgan fingerprint density at radius 1 is 1.47 bits per heavy atom. The number of rotatable bonds is 7. The fraction of sp³-hybridized carbons (Fsp3) is 0.571. The van der Waals surface area contributed by atoms with Crippen molar-refractivity contribution in [2.75, 3.05) is 31.6 Å². The summed E-state index contributed by atoms with van der Waals surface area (Å²) in [7, 11) is 1.87. The maximum Gasteiger partial charge on any atom is 0.199 e. The predicted octanol–water partition coefficient (Wildman–Crippen LogP) is 1.83. The molecule has 0 spiro atoms. The Kier molecular flexibility index (Phi) is 6.90. The first-order valence-electron chi connectivity index (χ1n) is 10.3. The molecule has 3 atom stereocenters. The fourth-order valence-corrected chi connectivity index (χ4v) is 4.15. The van der Waals surface area contributed by atoms with E-state index in [0.717, 1.165) is 18.4 Å². The minimum Gasteiger partial charge on any atom is -0.356 e. The van der Waals surface area contributed by atoms with E-state index >= 15 is 0 Å². The zero-order valence-corrected chi connectivity index (χ0v) is 17.2. The van der Waals surface area contributed by atoms with Gasteiger partial charge in [0.05, 0.1) is 11.4 Å². The Labute approximate surface area is 176 Å². The van der Waals surface area contributed by atoms with Crippen molar-refractivity contribution in [3.8, 4) is 6.07 Å². The zero-order valence-electron chi connectivity index (χ0n) is 17.2. The van der Waals surface area contributed by atoms with Crippen molar-refractivity contribution < 1.29 is 4.39 Å². The summed E-state index contributed by atoms with van der Waals surface area (Å²) in [6.45, 7) is 1.48. The molecule has 160 valence electrons. The van der Waals surface area contributed by atoms with E-state index in [4.69, 9.17) is 21.8 Å². The highest BCUT2D eigenvalue weighted by Crippen LogP contribution is 2.31. The summed E-state index contributed by atoms with van der Waals surface area (Å²) in [6, 6.07) is 3.25. The molecule has 0 amide bonds. The first-order chi connectivity index (χ1) is 14.4. The van der Waals surface area contributed by atoms with Crippen LogP contribution < -0.4 is 16.0 Å². The van der Waals surface area contributed by atoms with Gasteiger partial charge >= 0.3 is 0 Å². The molecule has 1 aliphatic heterocycles. The number of hydrogen-bond acceptors (Lipinski definition) is 8. The number of halogens is 1. The van der Waals surface area contributed by atoms with E-state index in [1.807, 2.05) is 18.0 Å². The van der Waals surface area contributed by atoms with Crippen molar-refractivity contribution in [2.24, 2.45) is 17.6 Å². The van der Waals surface area contributed by atoms with Crippen LogP contribution in [0.2, 0.25) is 0 Å². The highest BCUT2D eigenvalue weighted by molar-refractivity contribution is 6.10. The van der Waals surface area contributed by atoms with Gasteiger partial charge < -0.3 is 21.4 Å². The molecule has 1 fully saturated rings. The molecule has 0 bridgehead atoms. The van der Waals surface area contributed by atoms with E-state index in [0.29, 0.717) is 31.1 Å². The van der Waals surface area contributed by atoms with Crippen LogP contribution in [-0.4, -0.2) is 60.3 Å². The standard InChI is InChI=1S/C21H29FN8/c1-27-11-15(10-23)14-2-3-17(25)16(8-14)20(26)18-9-19(29-13-28-18)30-6-4-21(22,12-24)5-7-30/h8-10,13-15,17,23,26-27H,2-7,11,25H2,1H3. The molecule has 1 saturated heterocycles. The molecule has 8 nitrogen and oxygen atoms in total. The number of anilines is 1. The number of hydrogen-bond donors (Lipinski definition) is 4. The topological polar surface area (TPSA) is 139 Å². The Balaban J connectivity index is 1.79. The van der Waals surface area contributed by atoms with Crippen LogP contribution in [0.5, 0.6) is 0 Å². The SMILES string of the molecule is CNCC(C=N)C1C=C(C(=N)c2cc(N3CCC(F)(C#N)CC3)ncn2)C(N)CC1. The van der Waals surface area contributed by atoms with E-state index in [2.05, 4.69) is 15.3 Å². The van der Waals surface area contributed by atoms with Crippen LogP contribution in [0, 0.1) is 34.0 Å². The molecule has 1 aliphatic carbocycles. The van der Waals surface area contributed by atoms with Crippen LogP contribution in [0.25, 0.3) is 0 Å². The second-order valence-electron chi connectivity index (χ2n) is 8.06. The normalized spacial score (nSPS) is 24.5.